The molecule has 172 valence electrons. The van der Waals surface area contributed by atoms with Crippen LogP contribution in [0.3, 0.4) is 0 Å². The maximum Gasteiger partial charge on any atom is 0.270 e. The van der Waals surface area contributed by atoms with E-state index in [2.05, 4.69) is 64.7 Å². The van der Waals surface area contributed by atoms with Crippen molar-refractivity contribution in [2.45, 2.75) is 40.2 Å². The highest BCUT2D eigenvalue weighted by atomic mass is 32.1. The van der Waals surface area contributed by atoms with Crippen LogP contribution in [0.25, 0.3) is 20.8 Å². The van der Waals surface area contributed by atoms with Gasteiger partial charge in [-0.1, -0.05) is 13.8 Å². The molecular weight excluding hydrogens is 452 g/mol. The molecule has 3 N–H and O–H groups in total. The maximum atomic E-state index is 12.5. The maximum absolute atomic E-state index is 12.5. The summed E-state index contributed by atoms with van der Waals surface area (Å²) in [4.78, 5) is 26.0. The van der Waals surface area contributed by atoms with Crippen molar-refractivity contribution >= 4 is 56.0 Å². The summed E-state index contributed by atoms with van der Waals surface area (Å²) >= 11 is 3.06. The van der Waals surface area contributed by atoms with Crippen LogP contribution in [0.5, 0.6) is 0 Å². The van der Waals surface area contributed by atoms with Crippen LogP contribution in [0.15, 0.2) is 41.4 Å². The highest BCUT2D eigenvalue weighted by molar-refractivity contribution is 7.16. The number of pyridine rings is 1. The molecule has 33 heavy (non-hydrogen) atoms. The average Bonchev–Trinajstić information content (AvgIpc) is 3.42. The number of benzene rings is 1. The second kappa shape index (κ2) is 10.3. The smallest absolute Gasteiger partial charge is 0.270 e. The summed E-state index contributed by atoms with van der Waals surface area (Å²) in [5.74, 6) is 1.14. The van der Waals surface area contributed by atoms with Crippen molar-refractivity contribution in [1.82, 2.24) is 20.3 Å². The molecule has 9 heteroatoms. The second-order valence-electron chi connectivity index (χ2n) is 8.55. The monoisotopic (exact) mass is 480 g/mol. The number of carbonyl (C=O) groups excluding carboxylic acids is 1. The Morgan fingerprint density at radius 3 is 2.73 bits per heavy atom. The van der Waals surface area contributed by atoms with E-state index in [1.165, 1.54) is 11.3 Å². The van der Waals surface area contributed by atoms with E-state index in [1.807, 2.05) is 23.7 Å². The summed E-state index contributed by atoms with van der Waals surface area (Å²) in [6.45, 7) is 9.10. The minimum Gasteiger partial charge on any atom is -0.382 e. The zero-order valence-electron chi connectivity index (χ0n) is 19.2. The van der Waals surface area contributed by atoms with Crippen molar-refractivity contribution in [3.05, 3.63) is 47.0 Å². The summed E-state index contributed by atoms with van der Waals surface area (Å²) in [6.07, 6.45) is 2.75. The van der Waals surface area contributed by atoms with Crippen molar-refractivity contribution in [2.75, 3.05) is 17.2 Å². The van der Waals surface area contributed by atoms with Crippen molar-refractivity contribution in [3.63, 3.8) is 0 Å². The molecule has 4 aromatic rings. The molecule has 1 aromatic carbocycles. The van der Waals surface area contributed by atoms with Crippen LogP contribution in [0.2, 0.25) is 0 Å². The molecule has 0 aliphatic rings. The van der Waals surface area contributed by atoms with E-state index in [0.717, 1.165) is 44.4 Å². The Morgan fingerprint density at radius 1 is 1.09 bits per heavy atom. The van der Waals surface area contributed by atoms with Crippen LogP contribution >= 0.6 is 22.7 Å². The third kappa shape index (κ3) is 5.85. The van der Waals surface area contributed by atoms with Gasteiger partial charge < -0.3 is 16.0 Å². The number of fused-ring (bicyclic) bond motifs is 1. The summed E-state index contributed by atoms with van der Waals surface area (Å²) < 4.78 is 1.12. The topological polar surface area (TPSA) is 91.8 Å². The lowest BCUT2D eigenvalue weighted by Crippen LogP contribution is -2.25. The number of hydrogen-bond acceptors (Lipinski definition) is 8. The molecule has 0 unspecified atom stereocenters. The van der Waals surface area contributed by atoms with Crippen LogP contribution in [-0.4, -0.2) is 33.4 Å². The highest BCUT2D eigenvalue weighted by Crippen LogP contribution is 2.33. The van der Waals surface area contributed by atoms with E-state index >= 15 is 0 Å². The van der Waals surface area contributed by atoms with Gasteiger partial charge in [-0.15, -0.1) is 22.7 Å². The molecule has 0 fully saturated rings. The van der Waals surface area contributed by atoms with Crippen LogP contribution in [-0.2, 0) is 0 Å². The third-order valence-electron chi connectivity index (χ3n) is 4.93. The minimum absolute atomic E-state index is 0.138. The molecule has 4 rings (SSSR count). The van der Waals surface area contributed by atoms with Gasteiger partial charge in [0.25, 0.3) is 5.91 Å². The van der Waals surface area contributed by atoms with Gasteiger partial charge in [-0.2, -0.15) is 0 Å². The molecule has 0 atom stereocenters. The molecule has 0 bridgehead atoms. The largest absolute Gasteiger partial charge is 0.382 e. The molecule has 0 saturated heterocycles. The lowest BCUT2D eigenvalue weighted by atomic mass is 10.1. The third-order valence-corrected chi connectivity index (χ3v) is 6.59. The Balaban J connectivity index is 1.55. The van der Waals surface area contributed by atoms with Crippen molar-refractivity contribution in [2.24, 2.45) is 5.92 Å². The highest BCUT2D eigenvalue weighted by Gasteiger charge is 2.16. The summed E-state index contributed by atoms with van der Waals surface area (Å²) in [5.41, 5.74) is 6.02. The zero-order valence-corrected chi connectivity index (χ0v) is 20.8. The fourth-order valence-corrected chi connectivity index (χ4v) is 4.81. The number of hydrogen-bond donors (Lipinski definition) is 3. The number of carbonyl (C=O) groups is 1. The number of nitrogens with one attached hydrogen (secondary N) is 3. The summed E-state index contributed by atoms with van der Waals surface area (Å²) in [5, 5.41) is 12.4. The Labute approximate surface area is 201 Å². The Kier molecular flexibility index (Phi) is 7.20. The Hall–Kier alpha value is -3.04. The van der Waals surface area contributed by atoms with Crippen molar-refractivity contribution in [1.29, 1.82) is 0 Å². The van der Waals surface area contributed by atoms with E-state index < -0.39 is 0 Å². The lowest BCUT2D eigenvalue weighted by Gasteiger charge is -2.15. The number of thiazole rings is 2. The number of anilines is 3. The zero-order chi connectivity index (χ0) is 23.4. The standard InChI is InChI=1S/C24H28N6OS2/c1-14(2)7-8-25-23(31)20-12-32-24(30-20)17-11-26-22(10-19(17)28-15(3)4)29-16-5-6-18-21(9-16)33-13-27-18/h5-6,9-15H,7-8H2,1-4H3,(H,25,31)(H2,26,28,29). The molecule has 0 aliphatic carbocycles. The van der Waals surface area contributed by atoms with E-state index in [4.69, 9.17) is 0 Å². The van der Waals surface area contributed by atoms with Crippen molar-refractivity contribution < 1.29 is 4.79 Å². The molecule has 0 spiro atoms. The van der Waals surface area contributed by atoms with Gasteiger partial charge in [-0.05, 0) is 44.4 Å². The fourth-order valence-electron chi connectivity index (χ4n) is 3.27. The average molecular weight is 481 g/mol. The molecule has 3 aromatic heterocycles. The van der Waals surface area contributed by atoms with Crippen LogP contribution in [0, 0.1) is 5.92 Å². The summed E-state index contributed by atoms with van der Waals surface area (Å²) in [6, 6.07) is 8.28. The predicted octanol–water partition coefficient (Wildman–Crippen LogP) is 6.15. The van der Waals surface area contributed by atoms with Gasteiger partial charge in [0, 0.05) is 41.6 Å². The van der Waals surface area contributed by atoms with Gasteiger partial charge in [0.05, 0.1) is 21.3 Å². The first kappa shape index (κ1) is 23.1. The predicted molar refractivity (Wildman–Crippen MR) is 139 cm³/mol. The molecule has 0 radical (unpaired) electrons. The van der Waals surface area contributed by atoms with E-state index in [9.17, 15) is 4.79 Å². The van der Waals surface area contributed by atoms with E-state index in [-0.39, 0.29) is 11.9 Å². The number of aromatic nitrogens is 3. The quantitative estimate of drug-likeness (QED) is 0.266. The van der Waals surface area contributed by atoms with Gasteiger partial charge in [0.1, 0.15) is 16.5 Å². The lowest BCUT2D eigenvalue weighted by molar-refractivity contribution is 0.0948. The second-order valence-corrected chi connectivity index (χ2v) is 10.3. The number of rotatable bonds is 9. The Bertz CT molecular complexity index is 1250. The van der Waals surface area contributed by atoms with Gasteiger partial charge in [-0.25, -0.2) is 15.0 Å². The molecule has 7 nitrogen and oxygen atoms in total. The first-order valence-electron chi connectivity index (χ1n) is 11.0. The normalized spacial score (nSPS) is 11.3. The van der Waals surface area contributed by atoms with E-state index in [1.54, 1.807) is 22.9 Å². The molecule has 3 heterocycles. The number of nitrogens with zero attached hydrogens (tertiary/aromatic N) is 3. The van der Waals surface area contributed by atoms with Gasteiger partial charge in [0.15, 0.2) is 0 Å². The molecule has 0 aliphatic heterocycles. The van der Waals surface area contributed by atoms with Gasteiger partial charge in [0.2, 0.25) is 0 Å². The SMILES string of the molecule is CC(C)CCNC(=O)c1csc(-c2cnc(Nc3ccc4ncsc4c3)cc2NC(C)C)n1. The van der Waals surface area contributed by atoms with Crippen LogP contribution < -0.4 is 16.0 Å². The van der Waals surface area contributed by atoms with Gasteiger partial charge in [-0.3, -0.25) is 4.79 Å². The Morgan fingerprint density at radius 2 is 1.94 bits per heavy atom. The van der Waals surface area contributed by atoms with Crippen LogP contribution in [0.1, 0.15) is 44.6 Å². The fraction of sp³-hybridized carbons (Fsp3) is 0.333. The minimum atomic E-state index is -0.138. The first-order valence-corrected chi connectivity index (χ1v) is 12.8. The van der Waals surface area contributed by atoms with Crippen LogP contribution in [0.4, 0.5) is 17.2 Å². The number of amides is 1. The molecular formula is C24H28N6OS2. The summed E-state index contributed by atoms with van der Waals surface area (Å²) in [7, 11) is 0. The van der Waals surface area contributed by atoms with Crippen molar-refractivity contribution in [3.8, 4) is 10.6 Å². The molecule has 0 saturated carbocycles. The first-order chi connectivity index (χ1) is 15.9. The van der Waals surface area contributed by atoms with Gasteiger partial charge >= 0.3 is 0 Å². The molecule has 1 amide bonds. The van der Waals surface area contributed by atoms with E-state index in [0.29, 0.717) is 18.2 Å².